The van der Waals surface area contributed by atoms with Crippen molar-refractivity contribution in [3.63, 3.8) is 0 Å². The first-order valence-electron chi connectivity index (χ1n) is 6.64. The Balaban J connectivity index is 1.66. The molecule has 0 saturated carbocycles. The van der Waals surface area contributed by atoms with Crippen molar-refractivity contribution in [1.29, 1.82) is 0 Å². The monoisotopic (exact) mass is 286 g/mol. The van der Waals surface area contributed by atoms with Crippen LogP contribution in [0.5, 0.6) is 0 Å². The number of aryl methyl sites for hydroxylation is 1. The molecule has 1 aromatic carbocycles. The number of aromatic nitrogens is 2. The minimum Gasteiger partial charge on any atom is -0.330 e. The van der Waals surface area contributed by atoms with Crippen molar-refractivity contribution in [3.05, 3.63) is 30.6 Å². The van der Waals surface area contributed by atoms with Gasteiger partial charge < -0.3 is 9.47 Å². The first kappa shape index (κ1) is 13.3. The zero-order chi connectivity index (χ0) is 14.8. The van der Waals surface area contributed by atoms with Crippen molar-refractivity contribution in [3.8, 4) is 0 Å². The van der Waals surface area contributed by atoms with Crippen LogP contribution in [0.2, 0.25) is 0 Å². The Hall–Kier alpha value is -2.70. The van der Waals surface area contributed by atoms with Gasteiger partial charge in [0.15, 0.2) is 0 Å². The molecule has 0 aliphatic carbocycles. The summed E-state index contributed by atoms with van der Waals surface area (Å²) in [6, 6.07) is 7.66. The lowest BCUT2D eigenvalue weighted by molar-refractivity contribution is -0.145. The zero-order valence-corrected chi connectivity index (χ0v) is 11.3. The number of amides is 3. The predicted octanol–water partition coefficient (Wildman–Crippen LogP) is -0.0886. The van der Waals surface area contributed by atoms with Crippen LogP contribution < -0.4 is 5.32 Å². The first-order chi connectivity index (χ1) is 10.1. The normalized spacial score (nSPS) is 15.3. The van der Waals surface area contributed by atoms with Gasteiger partial charge in [-0.2, -0.15) is 0 Å². The lowest BCUT2D eigenvalue weighted by Gasteiger charge is -2.25. The maximum atomic E-state index is 12.1. The highest BCUT2D eigenvalue weighted by molar-refractivity contribution is 6.02. The molecule has 0 unspecified atom stereocenters. The van der Waals surface area contributed by atoms with E-state index in [1.165, 1.54) is 4.90 Å². The summed E-state index contributed by atoms with van der Waals surface area (Å²) in [5.41, 5.74) is 1.83. The van der Waals surface area contributed by atoms with E-state index >= 15 is 0 Å². The Morgan fingerprint density at radius 2 is 1.90 bits per heavy atom. The third-order valence-electron chi connectivity index (χ3n) is 3.39. The smallest absolute Gasteiger partial charge is 0.246 e. The molecule has 7 heteroatoms. The molecule has 1 aromatic heterocycles. The molecule has 3 amide bonds. The fraction of sp³-hybridized carbons (Fsp3) is 0.286. The number of imidazole rings is 1. The Kier molecular flexibility index (Phi) is 3.39. The molecular formula is C14H14N4O3. The van der Waals surface area contributed by atoms with Crippen molar-refractivity contribution in [2.45, 2.75) is 13.0 Å². The molecule has 0 radical (unpaired) electrons. The molecule has 7 nitrogen and oxygen atoms in total. The number of imide groups is 1. The van der Waals surface area contributed by atoms with Gasteiger partial charge in [-0.15, -0.1) is 0 Å². The molecule has 0 atom stereocenters. The number of piperazine rings is 1. The maximum absolute atomic E-state index is 12.1. The largest absolute Gasteiger partial charge is 0.330 e. The van der Waals surface area contributed by atoms with Gasteiger partial charge in [-0.3, -0.25) is 19.7 Å². The molecule has 0 bridgehead atoms. The van der Waals surface area contributed by atoms with Crippen LogP contribution in [0.15, 0.2) is 30.6 Å². The number of para-hydroxylation sites is 2. The quantitative estimate of drug-likeness (QED) is 0.799. The predicted molar refractivity (Wildman–Crippen MR) is 74.1 cm³/mol. The number of carbonyl (C=O) groups excluding carboxylic acids is 3. The number of hydrogen-bond acceptors (Lipinski definition) is 4. The van der Waals surface area contributed by atoms with Crippen molar-refractivity contribution in [2.75, 3.05) is 13.1 Å². The summed E-state index contributed by atoms with van der Waals surface area (Å²) >= 11 is 0. The third kappa shape index (κ3) is 2.76. The van der Waals surface area contributed by atoms with Gasteiger partial charge in [0.05, 0.1) is 17.4 Å². The number of hydrogen-bond donors (Lipinski definition) is 1. The second kappa shape index (κ2) is 5.35. The summed E-state index contributed by atoms with van der Waals surface area (Å²) in [6.07, 6.45) is 1.91. The van der Waals surface area contributed by atoms with Crippen LogP contribution in [0.25, 0.3) is 11.0 Å². The van der Waals surface area contributed by atoms with E-state index in [0.29, 0.717) is 6.54 Å². The number of rotatable bonds is 3. The second-order valence-electron chi connectivity index (χ2n) is 4.90. The van der Waals surface area contributed by atoms with Gasteiger partial charge in [0.1, 0.15) is 13.1 Å². The van der Waals surface area contributed by atoms with Gasteiger partial charge in [0, 0.05) is 13.0 Å². The summed E-state index contributed by atoms with van der Waals surface area (Å²) < 4.78 is 1.89. The first-order valence-corrected chi connectivity index (χ1v) is 6.64. The standard InChI is InChI=1S/C14H14N4O3/c19-12-7-18(8-13(20)16-12)14(21)5-6-17-9-15-10-3-1-2-4-11(10)17/h1-4,9H,5-8H2,(H,16,19,20). The van der Waals surface area contributed by atoms with E-state index in [1.807, 2.05) is 28.8 Å². The maximum Gasteiger partial charge on any atom is 0.246 e. The SMILES string of the molecule is O=C1CN(C(=O)CCn2cnc3ccccc32)CC(=O)N1. The average molecular weight is 286 g/mol. The van der Waals surface area contributed by atoms with Gasteiger partial charge in [0.2, 0.25) is 17.7 Å². The van der Waals surface area contributed by atoms with Crippen LogP contribution in [0.1, 0.15) is 6.42 Å². The van der Waals surface area contributed by atoms with Crippen LogP contribution in [-0.2, 0) is 20.9 Å². The number of nitrogens with zero attached hydrogens (tertiary/aromatic N) is 3. The minimum atomic E-state index is -0.437. The van der Waals surface area contributed by atoms with E-state index < -0.39 is 11.8 Å². The fourth-order valence-electron chi connectivity index (χ4n) is 2.38. The van der Waals surface area contributed by atoms with Crippen LogP contribution >= 0.6 is 0 Å². The van der Waals surface area contributed by atoms with Crippen molar-refractivity contribution in [2.24, 2.45) is 0 Å². The van der Waals surface area contributed by atoms with Crippen LogP contribution in [0.4, 0.5) is 0 Å². The number of nitrogens with one attached hydrogen (secondary N) is 1. The van der Waals surface area contributed by atoms with Gasteiger partial charge >= 0.3 is 0 Å². The minimum absolute atomic E-state index is 0.0603. The summed E-state index contributed by atoms with van der Waals surface area (Å²) in [4.78, 5) is 40.1. The molecule has 3 rings (SSSR count). The highest BCUT2D eigenvalue weighted by Crippen LogP contribution is 2.12. The van der Waals surface area contributed by atoms with Crippen LogP contribution in [0.3, 0.4) is 0 Å². The van der Waals surface area contributed by atoms with Crippen LogP contribution in [0, 0.1) is 0 Å². The van der Waals surface area contributed by atoms with Gasteiger partial charge in [-0.25, -0.2) is 4.98 Å². The Labute approximate surface area is 120 Å². The third-order valence-corrected chi connectivity index (χ3v) is 3.39. The highest BCUT2D eigenvalue weighted by Gasteiger charge is 2.25. The van der Waals surface area contributed by atoms with Gasteiger partial charge in [0.25, 0.3) is 0 Å². The number of benzene rings is 1. The molecule has 108 valence electrons. The van der Waals surface area contributed by atoms with E-state index in [1.54, 1.807) is 6.33 Å². The van der Waals surface area contributed by atoms with Crippen molar-refractivity contribution < 1.29 is 14.4 Å². The van der Waals surface area contributed by atoms with E-state index in [9.17, 15) is 14.4 Å². The number of carbonyl (C=O) groups is 3. The summed E-state index contributed by atoms with van der Waals surface area (Å²) in [7, 11) is 0. The van der Waals surface area contributed by atoms with Gasteiger partial charge in [-0.1, -0.05) is 12.1 Å². The molecule has 1 aliphatic heterocycles. The van der Waals surface area contributed by atoms with Crippen molar-refractivity contribution >= 4 is 28.8 Å². The molecule has 1 saturated heterocycles. The molecule has 0 spiro atoms. The lowest BCUT2D eigenvalue weighted by Crippen LogP contribution is -2.53. The second-order valence-corrected chi connectivity index (χ2v) is 4.90. The van der Waals surface area contributed by atoms with E-state index in [2.05, 4.69) is 10.3 Å². The highest BCUT2D eigenvalue weighted by atomic mass is 16.2. The van der Waals surface area contributed by atoms with Crippen molar-refractivity contribution in [1.82, 2.24) is 19.8 Å². The van der Waals surface area contributed by atoms with Crippen LogP contribution in [-0.4, -0.2) is 45.3 Å². The number of fused-ring (bicyclic) bond motifs is 1. The zero-order valence-electron chi connectivity index (χ0n) is 11.3. The molecule has 2 heterocycles. The lowest BCUT2D eigenvalue weighted by atomic mass is 10.2. The molecule has 2 aromatic rings. The molecule has 21 heavy (non-hydrogen) atoms. The topological polar surface area (TPSA) is 84.3 Å². The Morgan fingerprint density at radius 1 is 1.19 bits per heavy atom. The van der Waals surface area contributed by atoms with E-state index in [4.69, 9.17) is 0 Å². The molecule has 1 aliphatic rings. The Bertz CT molecular complexity index is 706. The summed E-state index contributed by atoms with van der Waals surface area (Å²) in [6.45, 7) is 0.343. The summed E-state index contributed by atoms with van der Waals surface area (Å²) in [5, 5.41) is 2.17. The Morgan fingerprint density at radius 3 is 2.67 bits per heavy atom. The summed E-state index contributed by atoms with van der Waals surface area (Å²) in [5.74, 6) is -1.09. The van der Waals surface area contributed by atoms with E-state index in [0.717, 1.165) is 11.0 Å². The van der Waals surface area contributed by atoms with Gasteiger partial charge in [-0.05, 0) is 12.1 Å². The average Bonchev–Trinajstić information content (AvgIpc) is 2.87. The fourth-order valence-corrected chi connectivity index (χ4v) is 2.38. The molecule has 1 fully saturated rings. The molecule has 1 N–H and O–H groups in total. The molecular weight excluding hydrogens is 272 g/mol. The van der Waals surface area contributed by atoms with E-state index in [-0.39, 0.29) is 25.4 Å².